The van der Waals surface area contributed by atoms with E-state index in [0.717, 1.165) is 10.9 Å². The molecule has 0 aliphatic carbocycles. The second kappa shape index (κ2) is 6.03. The second-order valence-corrected chi connectivity index (χ2v) is 5.02. The summed E-state index contributed by atoms with van der Waals surface area (Å²) >= 11 is 3.33. The lowest BCUT2D eigenvalue weighted by Gasteiger charge is -2.16. The minimum absolute atomic E-state index is 0.0687. The monoisotopic (exact) mass is 287 g/mol. The van der Waals surface area contributed by atoms with Crippen molar-refractivity contribution in [1.82, 2.24) is 15.1 Å². The third-order valence-electron chi connectivity index (χ3n) is 2.51. The van der Waals surface area contributed by atoms with Crippen LogP contribution in [0.5, 0.6) is 0 Å². The Morgan fingerprint density at radius 1 is 1.62 bits per heavy atom. The number of hydrogen-bond donors (Lipinski definition) is 1. The molecule has 1 amide bonds. The third-order valence-corrected chi connectivity index (χ3v) is 2.92. The summed E-state index contributed by atoms with van der Waals surface area (Å²) in [7, 11) is 0. The lowest BCUT2D eigenvalue weighted by molar-refractivity contribution is -0.125. The van der Waals surface area contributed by atoms with Crippen molar-refractivity contribution in [2.75, 3.05) is 0 Å². The number of carbonyl (C=O) groups excluding carboxylic acids is 1. The lowest BCUT2D eigenvalue weighted by Crippen LogP contribution is -2.37. The number of carbonyl (C=O) groups is 1. The molecule has 90 valence electrons. The number of halogens is 1. The predicted molar refractivity (Wildman–Crippen MR) is 67.0 cm³/mol. The number of hydrogen-bond acceptors (Lipinski definition) is 2. The maximum atomic E-state index is 11.8. The molecule has 1 aromatic heterocycles. The molecule has 16 heavy (non-hydrogen) atoms. The lowest BCUT2D eigenvalue weighted by atomic mass is 10.1. The van der Waals surface area contributed by atoms with E-state index in [-0.39, 0.29) is 17.9 Å². The zero-order valence-electron chi connectivity index (χ0n) is 9.90. The molecule has 0 aliphatic rings. The van der Waals surface area contributed by atoms with Gasteiger partial charge in [0.2, 0.25) is 5.91 Å². The summed E-state index contributed by atoms with van der Waals surface area (Å²) in [5, 5.41) is 7.09. The number of nitrogens with zero attached hydrogens (tertiary/aromatic N) is 2. The molecule has 1 N–H and O–H groups in total. The molecule has 4 nitrogen and oxygen atoms in total. The van der Waals surface area contributed by atoms with Crippen LogP contribution in [0.15, 0.2) is 16.9 Å². The van der Waals surface area contributed by atoms with Crippen LogP contribution in [0.1, 0.15) is 27.2 Å². The van der Waals surface area contributed by atoms with Crippen LogP contribution in [0, 0.1) is 5.92 Å². The van der Waals surface area contributed by atoms with Crippen LogP contribution in [-0.2, 0) is 11.3 Å². The maximum absolute atomic E-state index is 11.8. The van der Waals surface area contributed by atoms with E-state index in [2.05, 4.69) is 33.3 Å². The summed E-state index contributed by atoms with van der Waals surface area (Å²) in [5.74, 6) is 0.0155. The molecule has 0 spiro atoms. The Bertz CT molecular complexity index is 351. The van der Waals surface area contributed by atoms with Gasteiger partial charge in [-0.1, -0.05) is 13.8 Å². The first-order valence-electron chi connectivity index (χ1n) is 5.51. The highest BCUT2D eigenvalue weighted by Gasteiger charge is 2.15. The van der Waals surface area contributed by atoms with Crippen LogP contribution >= 0.6 is 15.9 Å². The highest BCUT2D eigenvalue weighted by molar-refractivity contribution is 9.10. The Labute approximate surface area is 105 Å². The second-order valence-electron chi connectivity index (χ2n) is 4.10. The van der Waals surface area contributed by atoms with Gasteiger partial charge in [-0.3, -0.25) is 9.48 Å². The molecular weight excluding hydrogens is 270 g/mol. The number of amides is 1. The molecule has 0 aliphatic heterocycles. The molecule has 0 saturated heterocycles. The van der Waals surface area contributed by atoms with E-state index >= 15 is 0 Å². The van der Waals surface area contributed by atoms with Gasteiger partial charge in [-0.2, -0.15) is 5.10 Å². The van der Waals surface area contributed by atoms with Gasteiger partial charge in [0.25, 0.3) is 0 Å². The summed E-state index contributed by atoms with van der Waals surface area (Å²) in [6, 6.07) is 0.235. The largest absolute Gasteiger partial charge is 0.353 e. The van der Waals surface area contributed by atoms with Crippen LogP contribution in [0.25, 0.3) is 0 Å². The molecular formula is C11H18BrN3O. The summed E-state index contributed by atoms with van der Waals surface area (Å²) in [6.07, 6.45) is 4.54. The van der Waals surface area contributed by atoms with Gasteiger partial charge in [0, 0.05) is 12.2 Å². The number of nitrogens with one attached hydrogen (secondary N) is 1. The Morgan fingerprint density at radius 3 is 2.81 bits per heavy atom. The minimum atomic E-state index is -0.0687. The first-order valence-corrected chi connectivity index (χ1v) is 6.30. The van der Waals surface area contributed by atoms with Crippen molar-refractivity contribution >= 4 is 21.8 Å². The number of rotatable bonds is 5. The summed E-state index contributed by atoms with van der Waals surface area (Å²) in [4.78, 5) is 11.8. The average molecular weight is 288 g/mol. The van der Waals surface area contributed by atoms with E-state index in [4.69, 9.17) is 0 Å². The van der Waals surface area contributed by atoms with Gasteiger partial charge in [0.15, 0.2) is 0 Å². The van der Waals surface area contributed by atoms with Crippen molar-refractivity contribution in [3.05, 3.63) is 16.9 Å². The van der Waals surface area contributed by atoms with Gasteiger partial charge in [-0.05, 0) is 29.3 Å². The smallest absolute Gasteiger partial charge is 0.224 e. The highest BCUT2D eigenvalue weighted by Crippen LogP contribution is 2.08. The first kappa shape index (κ1) is 13.2. The predicted octanol–water partition coefficient (Wildman–Crippen LogP) is 2.20. The fraction of sp³-hybridized carbons (Fsp3) is 0.636. The van der Waals surface area contributed by atoms with E-state index in [9.17, 15) is 4.79 Å². The van der Waals surface area contributed by atoms with E-state index in [1.165, 1.54) is 0 Å². The van der Waals surface area contributed by atoms with Gasteiger partial charge in [0.05, 0.1) is 23.1 Å². The zero-order valence-corrected chi connectivity index (χ0v) is 11.5. The van der Waals surface area contributed by atoms with Gasteiger partial charge >= 0.3 is 0 Å². The van der Waals surface area contributed by atoms with Crippen LogP contribution in [0.3, 0.4) is 0 Å². The molecule has 1 heterocycles. The van der Waals surface area contributed by atoms with Crippen LogP contribution in [0.4, 0.5) is 0 Å². The van der Waals surface area contributed by atoms with Crippen LogP contribution < -0.4 is 5.32 Å². The molecule has 0 saturated carbocycles. The van der Waals surface area contributed by atoms with Gasteiger partial charge in [-0.15, -0.1) is 0 Å². The average Bonchev–Trinajstić information content (AvgIpc) is 2.63. The van der Waals surface area contributed by atoms with Crippen molar-refractivity contribution in [2.45, 2.75) is 39.8 Å². The molecule has 0 aromatic carbocycles. The van der Waals surface area contributed by atoms with E-state index in [1.807, 2.05) is 20.0 Å². The molecule has 0 bridgehead atoms. The fourth-order valence-corrected chi connectivity index (χ4v) is 1.62. The Hall–Kier alpha value is -0.840. The van der Waals surface area contributed by atoms with Crippen molar-refractivity contribution in [3.63, 3.8) is 0 Å². The van der Waals surface area contributed by atoms with Gasteiger partial charge in [-0.25, -0.2) is 0 Å². The summed E-state index contributed by atoms with van der Waals surface area (Å²) in [5.41, 5.74) is 0. The highest BCUT2D eigenvalue weighted by atomic mass is 79.9. The Kier molecular flexibility index (Phi) is 4.99. The third kappa shape index (κ3) is 3.96. The van der Waals surface area contributed by atoms with Crippen LogP contribution in [-0.4, -0.2) is 21.7 Å². The topological polar surface area (TPSA) is 46.9 Å². The zero-order chi connectivity index (χ0) is 12.1. The normalized spacial score (nSPS) is 14.5. The quantitative estimate of drug-likeness (QED) is 0.903. The molecule has 0 radical (unpaired) electrons. The fourth-order valence-electron chi connectivity index (χ4n) is 1.29. The van der Waals surface area contributed by atoms with Gasteiger partial charge in [0.1, 0.15) is 0 Å². The summed E-state index contributed by atoms with van der Waals surface area (Å²) < 4.78 is 2.70. The van der Waals surface area contributed by atoms with E-state index < -0.39 is 0 Å². The maximum Gasteiger partial charge on any atom is 0.224 e. The molecule has 2 atom stereocenters. The van der Waals surface area contributed by atoms with Crippen molar-refractivity contribution in [1.29, 1.82) is 0 Å². The molecule has 1 rings (SSSR count). The van der Waals surface area contributed by atoms with E-state index in [0.29, 0.717) is 6.54 Å². The molecule has 0 unspecified atom stereocenters. The summed E-state index contributed by atoms with van der Waals surface area (Å²) in [6.45, 7) is 6.58. The van der Waals surface area contributed by atoms with Gasteiger partial charge < -0.3 is 5.32 Å². The standard InChI is InChI=1S/C11H18BrN3O/c1-4-9(3)14-11(16)8(2)6-15-7-10(12)5-13-15/h5,7-9H,4,6H2,1-3H3,(H,14,16)/t8-,9-/m0/s1. The van der Waals surface area contributed by atoms with E-state index in [1.54, 1.807) is 10.9 Å². The number of aromatic nitrogens is 2. The first-order chi connectivity index (χ1) is 7.52. The SMILES string of the molecule is CC[C@H](C)NC(=O)[C@@H](C)Cn1cc(Br)cn1. The van der Waals surface area contributed by atoms with Crippen molar-refractivity contribution in [3.8, 4) is 0 Å². The Balaban J connectivity index is 2.45. The molecule has 1 aromatic rings. The van der Waals surface area contributed by atoms with Crippen molar-refractivity contribution in [2.24, 2.45) is 5.92 Å². The Morgan fingerprint density at radius 2 is 2.31 bits per heavy atom. The van der Waals surface area contributed by atoms with Crippen molar-refractivity contribution < 1.29 is 4.79 Å². The molecule has 5 heteroatoms. The minimum Gasteiger partial charge on any atom is -0.353 e. The van der Waals surface area contributed by atoms with Crippen LogP contribution in [0.2, 0.25) is 0 Å². The molecule has 0 fully saturated rings.